The van der Waals surface area contributed by atoms with Crippen LogP contribution >= 0.6 is 0 Å². The van der Waals surface area contributed by atoms with Crippen molar-refractivity contribution in [1.82, 2.24) is 9.97 Å². The number of anilines is 1. The number of hydrogen-bond donors (Lipinski definition) is 2. The molecule has 0 unspecified atom stereocenters. The highest BCUT2D eigenvalue weighted by atomic mass is 19.4. The number of H-pyrrole nitrogens is 1. The Kier molecular flexibility index (Phi) is 3.97. The largest absolute Gasteiger partial charge is 0.449 e. The molecule has 0 bridgehead atoms. The summed E-state index contributed by atoms with van der Waals surface area (Å²) in [5.74, 6) is -2.39. The Bertz CT molecular complexity index is 764. The van der Waals surface area contributed by atoms with Crippen molar-refractivity contribution in [2.45, 2.75) is 12.4 Å². The fraction of sp³-hybridized carbons (Fsp3) is 0.167. The van der Waals surface area contributed by atoms with Crippen molar-refractivity contribution in [2.24, 2.45) is 0 Å². The van der Waals surface area contributed by atoms with Gasteiger partial charge in [0.05, 0.1) is 5.56 Å². The fourth-order valence-corrected chi connectivity index (χ4v) is 1.60. The molecule has 0 saturated heterocycles. The number of nitrogens with zero attached hydrogens (tertiary/aromatic N) is 1. The number of halogens is 6. The van der Waals surface area contributed by atoms with Crippen LogP contribution in [0.5, 0.6) is 11.5 Å². The van der Waals surface area contributed by atoms with Crippen molar-refractivity contribution in [3.05, 3.63) is 45.9 Å². The van der Waals surface area contributed by atoms with E-state index in [2.05, 4.69) is 4.98 Å². The van der Waals surface area contributed by atoms with Crippen LogP contribution in [0.2, 0.25) is 0 Å². The van der Waals surface area contributed by atoms with Crippen molar-refractivity contribution in [3.8, 4) is 11.5 Å². The van der Waals surface area contributed by atoms with Gasteiger partial charge in [0, 0.05) is 0 Å². The minimum atomic E-state index is -5.04. The van der Waals surface area contributed by atoms with Gasteiger partial charge in [-0.1, -0.05) is 0 Å². The first-order valence-corrected chi connectivity index (χ1v) is 5.80. The molecule has 0 aliphatic heterocycles. The van der Waals surface area contributed by atoms with Gasteiger partial charge in [0.2, 0.25) is 11.7 Å². The maximum absolute atomic E-state index is 12.8. The Labute approximate surface area is 123 Å². The third kappa shape index (κ3) is 3.73. The summed E-state index contributed by atoms with van der Waals surface area (Å²) in [6.07, 6.45) is -9.65. The highest BCUT2D eigenvalue weighted by molar-refractivity contribution is 5.38. The van der Waals surface area contributed by atoms with Gasteiger partial charge in [-0.2, -0.15) is 26.3 Å². The maximum atomic E-state index is 12.8. The lowest BCUT2D eigenvalue weighted by Crippen LogP contribution is -2.21. The van der Waals surface area contributed by atoms with E-state index in [1.54, 1.807) is 0 Å². The molecule has 0 aliphatic carbocycles. The molecule has 0 radical (unpaired) electrons. The highest BCUT2D eigenvalue weighted by Crippen LogP contribution is 2.35. The number of aromatic nitrogens is 2. The fourth-order valence-electron chi connectivity index (χ4n) is 1.60. The van der Waals surface area contributed by atoms with Crippen molar-refractivity contribution in [2.75, 3.05) is 5.73 Å². The smallest absolute Gasteiger partial charge is 0.437 e. The number of nitrogens with two attached hydrogens (primary N) is 1. The number of ether oxygens (including phenoxy) is 1. The Morgan fingerprint density at radius 3 is 2.04 bits per heavy atom. The van der Waals surface area contributed by atoms with E-state index in [4.69, 9.17) is 10.5 Å². The number of nitrogen functional groups attached to an aromatic ring is 1. The molecule has 0 fully saturated rings. The minimum absolute atomic E-state index is 0.402. The van der Waals surface area contributed by atoms with Gasteiger partial charge in [-0.05, 0) is 24.3 Å². The van der Waals surface area contributed by atoms with Gasteiger partial charge >= 0.3 is 12.4 Å². The van der Waals surface area contributed by atoms with Crippen LogP contribution in [0.4, 0.5) is 32.3 Å². The molecule has 0 amide bonds. The van der Waals surface area contributed by atoms with E-state index in [0.29, 0.717) is 12.1 Å². The lowest BCUT2D eigenvalue weighted by atomic mass is 10.2. The topological polar surface area (TPSA) is 81.0 Å². The van der Waals surface area contributed by atoms with Crippen molar-refractivity contribution in [1.29, 1.82) is 0 Å². The second-order valence-corrected chi connectivity index (χ2v) is 4.25. The third-order valence-corrected chi connectivity index (χ3v) is 2.57. The summed E-state index contributed by atoms with van der Waals surface area (Å²) in [4.78, 5) is 16.3. The van der Waals surface area contributed by atoms with Gasteiger partial charge in [-0.25, -0.2) is 4.98 Å². The predicted molar refractivity (Wildman–Crippen MR) is 65.8 cm³/mol. The second kappa shape index (κ2) is 5.48. The van der Waals surface area contributed by atoms with Crippen LogP contribution in [0, 0.1) is 0 Å². The summed E-state index contributed by atoms with van der Waals surface area (Å²) in [6, 6.07) is 2.75. The second-order valence-electron chi connectivity index (χ2n) is 4.25. The first-order valence-electron chi connectivity index (χ1n) is 5.80. The summed E-state index contributed by atoms with van der Waals surface area (Å²) in [5, 5.41) is 0. The van der Waals surface area contributed by atoms with Crippen LogP contribution in [0.1, 0.15) is 11.3 Å². The molecule has 0 saturated carbocycles. The predicted octanol–water partition coefficient (Wildman–Crippen LogP) is 3.18. The molecule has 3 N–H and O–H groups in total. The van der Waals surface area contributed by atoms with E-state index < -0.39 is 46.6 Å². The first kappa shape index (κ1) is 16.6. The van der Waals surface area contributed by atoms with E-state index in [0.717, 1.165) is 12.1 Å². The molecule has 0 atom stereocenters. The van der Waals surface area contributed by atoms with Crippen LogP contribution in [0.25, 0.3) is 0 Å². The lowest BCUT2D eigenvalue weighted by molar-refractivity contribution is -0.142. The van der Waals surface area contributed by atoms with Gasteiger partial charge in [0.25, 0.3) is 5.56 Å². The molecule has 0 aliphatic rings. The maximum Gasteiger partial charge on any atom is 0.437 e. The molecule has 23 heavy (non-hydrogen) atoms. The van der Waals surface area contributed by atoms with E-state index in [1.807, 2.05) is 4.98 Å². The molecule has 1 aromatic carbocycles. The van der Waals surface area contributed by atoms with Gasteiger partial charge in [0.1, 0.15) is 5.75 Å². The zero-order valence-electron chi connectivity index (χ0n) is 10.9. The number of benzene rings is 1. The summed E-state index contributed by atoms with van der Waals surface area (Å²) >= 11 is 0. The van der Waals surface area contributed by atoms with Crippen molar-refractivity contribution >= 4 is 5.95 Å². The van der Waals surface area contributed by atoms with E-state index in [9.17, 15) is 31.1 Å². The Morgan fingerprint density at radius 2 is 1.57 bits per heavy atom. The molecule has 11 heteroatoms. The molecule has 124 valence electrons. The first-order chi connectivity index (χ1) is 10.5. The number of aromatic amines is 1. The van der Waals surface area contributed by atoms with Crippen LogP contribution in [0.15, 0.2) is 29.1 Å². The van der Waals surface area contributed by atoms with E-state index in [-0.39, 0.29) is 0 Å². The van der Waals surface area contributed by atoms with Crippen molar-refractivity contribution < 1.29 is 31.1 Å². The SMILES string of the molecule is Nc1nc(C(F)(F)F)c(Oc2ccc(C(F)(F)F)cc2)c(=O)[nH]1. The van der Waals surface area contributed by atoms with Gasteiger partial charge in [-0.15, -0.1) is 0 Å². The van der Waals surface area contributed by atoms with Gasteiger partial charge in [-0.3, -0.25) is 9.78 Å². The number of nitrogens with one attached hydrogen (secondary N) is 1. The molecule has 5 nitrogen and oxygen atoms in total. The highest BCUT2D eigenvalue weighted by Gasteiger charge is 2.39. The molecular weight excluding hydrogens is 332 g/mol. The number of alkyl halides is 6. The molecule has 0 spiro atoms. The number of hydrogen-bond acceptors (Lipinski definition) is 4. The summed E-state index contributed by atoms with van der Waals surface area (Å²) in [5.41, 5.74) is 1.02. The normalized spacial score (nSPS) is 12.3. The molecule has 2 rings (SSSR count). The van der Waals surface area contributed by atoms with Crippen LogP contribution in [-0.2, 0) is 12.4 Å². The lowest BCUT2D eigenvalue weighted by Gasteiger charge is -2.13. The quantitative estimate of drug-likeness (QED) is 0.824. The van der Waals surface area contributed by atoms with Crippen LogP contribution in [-0.4, -0.2) is 9.97 Å². The Hall–Kier alpha value is -2.72. The molecule has 1 aromatic heterocycles. The summed E-state index contributed by atoms with van der Waals surface area (Å²) in [7, 11) is 0. The Morgan fingerprint density at radius 1 is 1.00 bits per heavy atom. The third-order valence-electron chi connectivity index (χ3n) is 2.57. The standard InChI is InChI=1S/C12H7F6N3O2/c13-11(14,15)5-1-3-6(4-2-5)23-7-8(12(16,17)18)20-10(19)21-9(7)22/h1-4H,(H3,19,20,21,22). The van der Waals surface area contributed by atoms with E-state index >= 15 is 0 Å². The summed E-state index contributed by atoms with van der Waals surface area (Å²) in [6.45, 7) is 0. The van der Waals surface area contributed by atoms with Gasteiger partial charge < -0.3 is 10.5 Å². The van der Waals surface area contributed by atoms with Crippen molar-refractivity contribution in [3.63, 3.8) is 0 Å². The minimum Gasteiger partial charge on any atom is -0.449 e. The Balaban J connectivity index is 2.43. The van der Waals surface area contributed by atoms with Crippen LogP contribution in [0.3, 0.4) is 0 Å². The number of rotatable bonds is 2. The van der Waals surface area contributed by atoms with Crippen LogP contribution < -0.4 is 16.0 Å². The monoisotopic (exact) mass is 339 g/mol. The van der Waals surface area contributed by atoms with E-state index in [1.165, 1.54) is 0 Å². The average molecular weight is 339 g/mol. The summed E-state index contributed by atoms with van der Waals surface area (Å²) < 4.78 is 80.5. The zero-order chi connectivity index (χ0) is 17.4. The average Bonchev–Trinajstić information content (AvgIpc) is 2.40. The van der Waals surface area contributed by atoms with Gasteiger partial charge in [0.15, 0.2) is 5.69 Å². The molecule has 2 aromatic rings. The zero-order valence-corrected chi connectivity index (χ0v) is 10.9. The molecule has 1 heterocycles. The molecular formula is C12H7F6N3O2.